The highest BCUT2D eigenvalue weighted by Gasteiger charge is 2.18. The third-order valence-corrected chi connectivity index (χ3v) is 1.90. The van der Waals surface area contributed by atoms with Crippen LogP contribution in [0.25, 0.3) is 0 Å². The van der Waals surface area contributed by atoms with E-state index in [1.165, 1.54) is 0 Å². The molecule has 0 saturated heterocycles. The molecule has 0 N–H and O–H groups in total. The zero-order valence-corrected chi connectivity index (χ0v) is 10.2. The van der Waals surface area contributed by atoms with Gasteiger partial charge < -0.3 is 4.74 Å². The Balaban J connectivity index is 3.11. The molecule has 0 amide bonds. The van der Waals surface area contributed by atoms with E-state index in [0.29, 0.717) is 16.7 Å². The van der Waals surface area contributed by atoms with Crippen molar-refractivity contribution in [2.24, 2.45) is 0 Å². The maximum atomic E-state index is 11.8. The van der Waals surface area contributed by atoms with E-state index in [0.717, 1.165) is 0 Å². The summed E-state index contributed by atoms with van der Waals surface area (Å²) in [5.41, 5.74) is 0.977. The zero-order chi connectivity index (χ0) is 13.1. The minimum atomic E-state index is -0.542. The summed E-state index contributed by atoms with van der Waals surface area (Å²) in [6, 6.07) is 4.86. The van der Waals surface area contributed by atoms with Crippen LogP contribution in [-0.2, 0) is 4.74 Å². The summed E-state index contributed by atoms with van der Waals surface area (Å²) in [6.45, 7) is 5.41. The molecule has 1 aromatic carbocycles. The van der Waals surface area contributed by atoms with Gasteiger partial charge in [-0.3, -0.25) is 0 Å². The maximum absolute atomic E-state index is 11.8. The van der Waals surface area contributed by atoms with Gasteiger partial charge in [0.05, 0.1) is 5.56 Å². The van der Waals surface area contributed by atoms with Crippen LogP contribution in [-0.4, -0.2) is 11.6 Å². The van der Waals surface area contributed by atoms with Crippen LogP contribution in [0.1, 0.15) is 42.3 Å². The first-order valence-electron chi connectivity index (χ1n) is 5.17. The van der Waals surface area contributed by atoms with E-state index in [1.807, 2.05) is 0 Å². The number of ether oxygens (including phenoxy) is 1. The van der Waals surface area contributed by atoms with Crippen LogP contribution in [0.3, 0.4) is 0 Å². The van der Waals surface area contributed by atoms with Crippen LogP contribution in [0.15, 0.2) is 18.2 Å². The molecule has 1 aromatic rings. The number of benzene rings is 1. The van der Waals surface area contributed by atoms with Gasteiger partial charge in [-0.15, -0.1) is 12.8 Å². The Bertz CT molecular complexity index is 487. The van der Waals surface area contributed by atoms with Crippen LogP contribution in [0.5, 0.6) is 0 Å². The normalized spacial score (nSPS) is 10.2. The molecule has 2 heteroatoms. The molecule has 0 aliphatic rings. The van der Waals surface area contributed by atoms with Gasteiger partial charge >= 0.3 is 5.97 Å². The summed E-state index contributed by atoms with van der Waals surface area (Å²) in [7, 11) is 0. The Morgan fingerprint density at radius 2 is 1.59 bits per heavy atom. The van der Waals surface area contributed by atoms with Gasteiger partial charge in [-0.05, 0) is 39.0 Å². The number of rotatable bonds is 1. The van der Waals surface area contributed by atoms with Gasteiger partial charge in [-0.1, -0.05) is 11.8 Å². The van der Waals surface area contributed by atoms with E-state index in [2.05, 4.69) is 11.8 Å². The molecule has 2 nitrogen and oxygen atoms in total. The fraction of sp³-hybridized carbons (Fsp3) is 0.267. The molecule has 0 aromatic heterocycles. The topological polar surface area (TPSA) is 26.3 Å². The van der Waals surface area contributed by atoms with E-state index < -0.39 is 11.6 Å². The Kier molecular flexibility index (Phi) is 3.61. The largest absolute Gasteiger partial charge is 0.456 e. The van der Waals surface area contributed by atoms with E-state index in [9.17, 15) is 4.79 Å². The Morgan fingerprint density at radius 1 is 1.12 bits per heavy atom. The van der Waals surface area contributed by atoms with E-state index in [-0.39, 0.29) is 0 Å². The van der Waals surface area contributed by atoms with Crippen molar-refractivity contribution < 1.29 is 9.53 Å². The van der Waals surface area contributed by atoms with Crippen molar-refractivity contribution in [1.82, 2.24) is 0 Å². The lowest BCUT2D eigenvalue weighted by atomic mass is 10.1. The number of carbonyl (C=O) groups excluding carboxylic acids is 1. The van der Waals surface area contributed by atoms with Crippen molar-refractivity contribution in [3.63, 3.8) is 0 Å². The number of carbonyl (C=O) groups is 1. The summed E-state index contributed by atoms with van der Waals surface area (Å²) in [4.78, 5) is 11.8. The second-order valence-corrected chi connectivity index (χ2v) is 4.59. The van der Waals surface area contributed by atoms with E-state index in [1.54, 1.807) is 39.0 Å². The smallest absolute Gasteiger partial charge is 0.338 e. The minimum absolute atomic E-state index is 0.378. The predicted octanol–water partition coefficient (Wildman–Crippen LogP) is 2.60. The Labute approximate surface area is 102 Å². The van der Waals surface area contributed by atoms with Gasteiger partial charge in [-0.2, -0.15) is 0 Å². The zero-order valence-electron chi connectivity index (χ0n) is 10.2. The number of esters is 1. The number of terminal acetylenes is 2. The molecular weight excluding hydrogens is 212 g/mol. The molecule has 1 rings (SSSR count). The Hall–Kier alpha value is -2.19. The number of hydrogen-bond donors (Lipinski definition) is 0. The second kappa shape index (κ2) is 4.76. The van der Waals surface area contributed by atoms with Crippen molar-refractivity contribution in [2.75, 3.05) is 0 Å². The highest BCUT2D eigenvalue weighted by molar-refractivity contribution is 5.90. The molecule has 0 fully saturated rings. The van der Waals surface area contributed by atoms with E-state index >= 15 is 0 Å². The van der Waals surface area contributed by atoms with Crippen LogP contribution >= 0.6 is 0 Å². The molecule has 0 aliphatic heterocycles. The molecule has 0 unspecified atom stereocenters. The quantitative estimate of drug-likeness (QED) is 0.543. The summed E-state index contributed by atoms with van der Waals surface area (Å²) in [6.07, 6.45) is 10.6. The lowest BCUT2D eigenvalue weighted by Gasteiger charge is -2.19. The summed E-state index contributed by atoms with van der Waals surface area (Å²) < 4.78 is 5.25. The third kappa shape index (κ3) is 3.70. The van der Waals surface area contributed by atoms with Crippen molar-refractivity contribution in [2.45, 2.75) is 26.4 Å². The molecule has 0 heterocycles. The standard InChI is InChI=1S/C15H14O2/c1-6-11-8-12(7-2)10-13(9-11)14(16)17-15(3,4)5/h1-2,8-10H,3-5H3. The van der Waals surface area contributed by atoms with Crippen molar-refractivity contribution in [3.05, 3.63) is 34.9 Å². The molecular formula is C15H14O2. The first-order chi connectivity index (χ1) is 7.85. The average molecular weight is 226 g/mol. The summed E-state index contributed by atoms with van der Waals surface area (Å²) in [5, 5.41) is 0. The van der Waals surface area contributed by atoms with Gasteiger partial charge in [0.25, 0.3) is 0 Å². The Morgan fingerprint density at radius 3 is 1.94 bits per heavy atom. The van der Waals surface area contributed by atoms with Gasteiger partial charge in [0.15, 0.2) is 0 Å². The highest BCUT2D eigenvalue weighted by atomic mass is 16.6. The molecule has 0 spiro atoms. The molecule has 0 saturated carbocycles. The van der Waals surface area contributed by atoms with Crippen LogP contribution in [0.2, 0.25) is 0 Å². The highest BCUT2D eigenvalue weighted by Crippen LogP contribution is 2.15. The predicted molar refractivity (Wildman–Crippen MR) is 67.5 cm³/mol. The van der Waals surface area contributed by atoms with Crippen molar-refractivity contribution in [1.29, 1.82) is 0 Å². The first-order valence-corrected chi connectivity index (χ1v) is 5.17. The SMILES string of the molecule is C#Cc1cc(C#C)cc(C(=O)OC(C)(C)C)c1. The van der Waals surface area contributed by atoms with Crippen LogP contribution < -0.4 is 0 Å². The third-order valence-electron chi connectivity index (χ3n) is 1.90. The molecule has 86 valence electrons. The van der Waals surface area contributed by atoms with Crippen LogP contribution in [0.4, 0.5) is 0 Å². The maximum Gasteiger partial charge on any atom is 0.338 e. The molecule has 0 radical (unpaired) electrons. The second-order valence-electron chi connectivity index (χ2n) is 4.59. The average Bonchev–Trinajstić information content (AvgIpc) is 2.26. The van der Waals surface area contributed by atoms with Gasteiger partial charge in [0.2, 0.25) is 0 Å². The van der Waals surface area contributed by atoms with E-state index in [4.69, 9.17) is 17.6 Å². The molecule has 0 bridgehead atoms. The lowest BCUT2D eigenvalue weighted by Crippen LogP contribution is -2.24. The fourth-order valence-electron chi connectivity index (χ4n) is 1.25. The summed E-state index contributed by atoms with van der Waals surface area (Å²) >= 11 is 0. The van der Waals surface area contributed by atoms with Crippen molar-refractivity contribution in [3.8, 4) is 24.7 Å². The number of hydrogen-bond acceptors (Lipinski definition) is 2. The lowest BCUT2D eigenvalue weighted by molar-refractivity contribution is 0.00694. The molecule has 0 aliphatic carbocycles. The minimum Gasteiger partial charge on any atom is -0.456 e. The first kappa shape index (κ1) is 12.9. The monoisotopic (exact) mass is 226 g/mol. The van der Waals surface area contributed by atoms with Gasteiger partial charge in [-0.25, -0.2) is 4.79 Å². The van der Waals surface area contributed by atoms with Gasteiger partial charge in [0, 0.05) is 11.1 Å². The van der Waals surface area contributed by atoms with Crippen LogP contribution in [0, 0.1) is 24.7 Å². The summed E-state index contributed by atoms with van der Waals surface area (Å²) in [5.74, 6) is 4.49. The fourth-order valence-corrected chi connectivity index (χ4v) is 1.25. The molecule has 17 heavy (non-hydrogen) atoms. The van der Waals surface area contributed by atoms with Gasteiger partial charge in [0.1, 0.15) is 5.60 Å². The van der Waals surface area contributed by atoms with Crippen molar-refractivity contribution >= 4 is 5.97 Å². The molecule has 0 atom stereocenters.